The second-order valence-corrected chi connectivity index (χ2v) is 20.8. The van der Waals surface area contributed by atoms with E-state index in [0.717, 1.165) is 107 Å². The van der Waals surface area contributed by atoms with Crippen LogP contribution in [-0.4, -0.2) is 177 Å². The third-order valence-corrected chi connectivity index (χ3v) is 16.1. The van der Waals surface area contributed by atoms with Crippen LogP contribution in [0.3, 0.4) is 0 Å². The molecule has 79 heavy (non-hydrogen) atoms. The number of halogens is 1. The number of hydrogen-bond acceptors (Lipinski definition) is 15. The van der Waals surface area contributed by atoms with Crippen LogP contribution in [0, 0.1) is 12.7 Å². The molecule has 0 saturated heterocycles. The van der Waals surface area contributed by atoms with Crippen LogP contribution in [-0.2, 0) is 67.4 Å². The molecule has 4 unspecified atom stereocenters. The topological polar surface area (TPSA) is 289 Å². The van der Waals surface area contributed by atoms with Crippen molar-refractivity contribution in [2.75, 3.05) is 60.7 Å². The third kappa shape index (κ3) is 16.7. The molecule has 4 heterocycles. The molecule has 2 aliphatic carbocycles. The minimum absolute atomic E-state index is 0.0199. The minimum Gasteiger partial charge on any atom is -0.480 e. The number of amides is 6. The average molecular weight is 1290 g/mol. The van der Waals surface area contributed by atoms with Gasteiger partial charge < -0.3 is 50.1 Å². The van der Waals surface area contributed by atoms with Gasteiger partial charge in [-0.3, -0.25) is 38.5 Å². The zero-order valence-electron chi connectivity index (χ0n) is 46.1. The summed E-state index contributed by atoms with van der Waals surface area (Å²) in [5, 5.41) is 25.0. The Morgan fingerprint density at radius 3 is 2.24 bits per heavy atom. The van der Waals surface area contributed by atoms with Crippen molar-refractivity contribution >= 4 is 84.9 Å². The summed E-state index contributed by atoms with van der Waals surface area (Å²) in [4.78, 5) is 111. The van der Waals surface area contributed by atoms with Crippen LogP contribution < -0.4 is 37.5 Å². The number of pyridine rings is 2. The molecule has 3 aromatic rings. The van der Waals surface area contributed by atoms with Crippen molar-refractivity contribution in [1.82, 2.24) is 51.3 Å². The Morgan fingerprint density at radius 1 is 1.01 bits per heavy atom. The molecule has 2 aromatic heterocycles. The van der Waals surface area contributed by atoms with Gasteiger partial charge in [-0.05, 0) is 94.8 Å². The van der Waals surface area contributed by atoms with E-state index in [1.165, 1.54) is 12.3 Å². The number of aliphatic carboxylic acids is 1. The molecule has 4 atom stereocenters. The number of aryl methyl sites for hydroxylation is 1. The van der Waals surface area contributed by atoms with Gasteiger partial charge in [0.1, 0.15) is 24.9 Å². The first-order valence-electron chi connectivity index (χ1n) is 26.0. The van der Waals surface area contributed by atoms with Crippen LogP contribution in [0.4, 0.5) is 4.39 Å². The molecular formula is C55H74FN10O12Pb. The standard InChI is InChI=1S/C27H30FN3O3.C11H15N3O5.C10H16N2O3.C7H13N2O.Pb/c1-6-15(12-32)17-9-23-26-18(11-31(23)27(33)19(17)13-34-5)25-22(30(3)4)8-7-16-14(2)20(28)10-21(29-26)24(16)25;1-2-13-11(19)7(5-12-6-10(17)18)14-8(15)3-4-9(14)16;1-2-10(4-3-5-10)15-8-12-9(14)6-11-7-13;1-4-8-5-7(10)9-6(2)3;/h9-10,12,15,22H,6-8,11,13H2,1-5H3;3-4,7,12H,2,5-6H2,1H3,(H,13,19)(H,17,18);2,7H,1,3-6,8H2,(H,11,13)(H,12,14);4,6,8H,1-2,5H2,3H3,(H,9,10);. The predicted octanol–water partition coefficient (Wildman–Crippen LogP) is 2.09. The number of aldehydes is 1. The molecule has 427 valence electrons. The number of carbonyl (C=O) groups excluding carboxylic acids is 7. The summed E-state index contributed by atoms with van der Waals surface area (Å²) >= 11 is 1.13. The molecule has 24 heteroatoms. The van der Waals surface area contributed by atoms with Crippen LogP contribution in [0.15, 0.2) is 54.5 Å². The number of carboxylic acid groups (broad SMARTS) is 1. The summed E-state index contributed by atoms with van der Waals surface area (Å²) in [6.45, 7) is 15.5. The van der Waals surface area contributed by atoms with Crippen LogP contribution >= 0.6 is 0 Å². The molecule has 0 spiro atoms. The maximum absolute atomic E-state index is 14.9. The van der Waals surface area contributed by atoms with E-state index in [-0.39, 0.29) is 67.8 Å². The molecule has 1 fully saturated rings. The van der Waals surface area contributed by atoms with Crippen molar-refractivity contribution in [2.45, 2.75) is 113 Å². The smallest absolute Gasteiger partial charge is 0.317 e. The fraction of sp³-hybridized carbons (Fsp3) is 0.491. The van der Waals surface area contributed by atoms with Crippen LogP contribution in [0.1, 0.15) is 98.2 Å². The Labute approximate surface area is 475 Å². The monoisotopic (exact) mass is 1290 g/mol. The summed E-state index contributed by atoms with van der Waals surface area (Å²) in [6, 6.07) is 2.86. The fourth-order valence-electron chi connectivity index (χ4n) is 9.42. The molecule has 7 rings (SSSR count). The second-order valence-electron chi connectivity index (χ2n) is 19.2. The van der Waals surface area contributed by atoms with Gasteiger partial charge in [0, 0.05) is 66.9 Å². The number of hydrogen-bond donors (Lipinski definition) is 7. The van der Waals surface area contributed by atoms with Crippen LogP contribution in [0.2, 0.25) is 3.98 Å². The number of ether oxygens (including phenoxy) is 2. The first-order valence-corrected chi connectivity index (χ1v) is 28.7. The van der Waals surface area contributed by atoms with Gasteiger partial charge in [-0.1, -0.05) is 13.0 Å². The van der Waals surface area contributed by atoms with Crippen LogP contribution in [0.25, 0.3) is 22.3 Å². The second kappa shape index (κ2) is 31.3. The Hall–Kier alpha value is -6.55. The van der Waals surface area contributed by atoms with E-state index in [1.54, 1.807) is 24.7 Å². The third-order valence-electron chi connectivity index (χ3n) is 13.7. The number of nitrogens with zero attached hydrogens (tertiary/aromatic N) is 4. The number of methoxy groups -OCH3 is 1. The number of nitrogens with one attached hydrogen (secondary N) is 6. The van der Waals surface area contributed by atoms with E-state index in [4.69, 9.17) is 19.6 Å². The van der Waals surface area contributed by atoms with Gasteiger partial charge in [0.15, 0.2) is 0 Å². The summed E-state index contributed by atoms with van der Waals surface area (Å²) in [7, 11) is 5.67. The first-order chi connectivity index (χ1) is 37.7. The first kappa shape index (κ1) is 65.0. The Balaban J connectivity index is 0.000000253. The van der Waals surface area contributed by atoms with Crippen LogP contribution in [0.5, 0.6) is 0 Å². The predicted molar refractivity (Wildman–Crippen MR) is 295 cm³/mol. The molecule has 1 aromatic carbocycles. The summed E-state index contributed by atoms with van der Waals surface area (Å²) in [6.07, 6.45) is 12.1. The number of rotatable bonds is 25. The molecule has 0 bridgehead atoms. The maximum Gasteiger partial charge on any atom is 0.317 e. The number of imide groups is 1. The fourth-order valence-corrected chi connectivity index (χ4v) is 9.82. The van der Waals surface area contributed by atoms with Gasteiger partial charge in [0.05, 0.1) is 48.7 Å². The van der Waals surface area contributed by atoms with Crippen molar-refractivity contribution in [1.29, 1.82) is 0 Å². The average Bonchev–Trinajstić information content (AvgIpc) is 4.12. The molecule has 2 aliphatic heterocycles. The quantitative estimate of drug-likeness (QED) is 0.0164. The van der Waals surface area contributed by atoms with Crippen molar-refractivity contribution in [2.24, 2.45) is 0 Å². The van der Waals surface area contributed by atoms with Crippen molar-refractivity contribution in [3.63, 3.8) is 0 Å². The van der Waals surface area contributed by atoms with Crippen molar-refractivity contribution in [3.8, 4) is 11.4 Å². The molecule has 4 aliphatic rings. The van der Waals surface area contributed by atoms with Gasteiger partial charge in [-0.2, -0.15) is 0 Å². The molecule has 6 amide bonds. The van der Waals surface area contributed by atoms with E-state index >= 15 is 0 Å². The summed E-state index contributed by atoms with van der Waals surface area (Å²) < 4.78 is 28.5. The largest absolute Gasteiger partial charge is 0.480 e. The molecular weight excluding hydrogens is 1220 g/mol. The van der Waals surface area contributed by atoms with E-state index in [9.17, 15) is 47.5 Å². The van der Waals surface area contributed by atoms with Crippen molar-refractivity contribution in [3.05, 3.63) is 99.3 Å². The molecule has 7 N–H and O–H groups in total. The Morgan fingerprint density at radius 2 is 1.70 bits per heavy atom. The molecule has 1 saturated carbocycles. The minimum atomic E-state index is -1.09. The number of aromatic nitrogens is 2. The summed E-state index contributed by atoms with van der Waals surface area (Å²) in [5.74, 6) is -3.64. The van der Waals surface area contributed by atoms with Gasteiger partial charge in [-0.25, -0.2) is 9.37 Å². The normalized spacial score (nSPS) is 16.1. The SMILES string of the molecule is C=CC1(OCNC(=O)CNC=O)CCC1.C=CNCC(=O)NC(C)[CH2][Pb].CCC(C=O)c1cc2n(c(=O)c1COC)Cc1c-2nc2cc(F)c(C)c3c2c1C(N(C)C)CC3.CCNC(=O)C(CNCC(=O)O)N1C(=O)C=CC1=O. The van der Waals surface area contributed by atoms with E-state index in [1.807, 2.05) is 26.8 Å². The van der Waals surface area contributed by atoms with Gasteiger partial charge in [0.25, 0.3) is 17.4 Å². The van der Waals surface area contributed by atoms with E-state index in [0.29, 0.717) is 72.1 Å². The number of carboxylic acids is 1. The van der Waals surface area contributed by atoms with Crippen molar-refractivity contribution < 1.29 is 57.3 Å². The zero-order chi connectivity index (χ0) is 58.6. The zero-order valence-corrected chi connectivity index (χ0v) is 49.9. The van der Waals surface area contributed by atoms with E-state index < -0.39 is 35.7 Å². The summed E-state index contributed by atoms with van der Waals surface area (Å²) in [5.41, 5.74) is 6.73. The van der Waals surface area contributed by atoms with Gasteiger partial charge in [-0.15, -0.1) is 6.58 Å². The molecule has 3 radical (unpaired) electrons. The van der Waals surface area contributed by atoms with Gasteiger partial charge in [0.2, 0.25) is 18.2 Å². The van der Waals surface area contributed by atoms with E-state index in [2.05, 4.69) is 64.1 Å². The number of benzene rings is 1. The number of likely N-dealkylation sites (N-methyl/N-ethyl adjacent to an activating group) is 1. The van der Waals surface area contributed by atoms with Gasteiger partial charge >= 0.3 is 89.3 Å². The Kier molecular flexibility index (Phi) is 25.7. The number of carbonyl (C=O) groups is 8. The number of fused-ring (bicyclic) bond motifs is 4. The maximum atomic E-state index is 14.9. The molecule has 22 nitrogen and oxygen atoms in total. The Bertz CT molecular complexity index is 2820.